The van der Waals surface area contributed by atoms with Gasteiger partial charge in [0.15, 0.2) is 0 Å². The smallest absolute Gasteiger partial charge is 0.106 e. The third kappa shape index (κ3) is 4.53. The summed E-state index contributed by atoms with van der Waals surface area (Å²) < 4.78 is 0. The zero-order chi connectivity index (χ0) is 15.1. The zero-order valence-electron chi connectivity index (χ0n) is 13.1. The van der Waals surface area contributed by atoms with Crippen LogP contribution in [0.15, 0.2) is 42.1 Å². The Hall–Kier alpha value is -1.94. The summed E-state index contributed by atoms with van der Waals surface area (Å²) in [5, 5.41) is 12.3. The van der Waals surface area contributed by atoms with E-state index < -0.39 is 0 Å². The Bertz CT molecular complexity index is 569. The highest BCUT2D eigenvalue weighted by molar-refractivity contribution is 5.49. The molecular weight excluding hydrogens is 260 g/mol. The van der Waals surface area contributed by atoms with Gasteiger partial charge in [-0.1, -0.05) is 44.5 Å². The molecule has 21 heavy (non-hydrogen) atoms. The molecule has 0 saturated carbocycles. The minimum Gasteiger partial charge on any atom is -0.313 e. The Kier molecular flexibility index (Phi) is 5.69. The second kappa shape index (κ2) is 7.74. The van der Waals surface area contributed by atoms with E-state index in [1.165, 1.54) is 5.57 Å². The number of aromatic nitrogens is 3. The van der Waals surface area contributed by atoms with Gasteiger partial charge in [-0.3, -0.25) is 0 Å². The largest absolute Gasteiger partial charge is 0.313 e. The molecule has 0 atom stereocenters. The first kappa shape index (κ1) is 15.4. The summed E-state index contributed by atoms with van der Waals surface area (Å²) in [4.78, 5) is 1.67. The molecule has 0 unspecified atom stereocenters. The maximum Gasteiger partial charge on any atom is 0.106 e. The standard InChI is InChI=1S/C17H24N4/c1-4-10-18-12-15(14(2)3)11-16-13-19-21(20-16)17-8-6-5-7-9-17/h5-9,11,13-14,18H,4,10,12H2,1-3H3. The molecule has 1 heterocycles. The van der Waals surface area contributed by atoms with Crippen LogP contribution in [0.4, 0.5) is 0 Å². The van der Waals surface area contributed by atoms with Crippen LogP contribution in [-0.2, 0) is 0 Å². The van der Waals surface area contributed by atoms with Crippen molar-refractivity contribution < 1.29 is 0 Å². The van der Waals surface area contributed by atoms with E-state index in [2.05, 4.69) is 42.4 Å². The summed E-state index contributed by atoms with van der Waals surface area (Å²) in [5.74, 6) is 0.497. The lowest BCUT2D eigenvalue weighted by Gasteiger charge is -2.11. The quantitative estimate of drug-likeness (QED) is 0.793. The first-order valence-corrected chi connectivity index (χ1v) is 7.59. The first-order chi connectivity index (χ1) is 10.2. The van der Waals surface area contributed by atoms with Crippen LogP contribution in [0.1, 0.15) is 32.9 Å². The van der Waals surface area contributed by atoms with E-state index in [0.717, 1.165) is 30.9 Å². The molecule has 4 heteroatoms. The van der Waals surface area contributed by atoms with Gasteiger partial charge in [-0.15, -0.1) is 5.10 Å². The molecule has 0 aliphatic heterocycles. The van der Waals surface area contributed by atoms with E-state index >= 15 is 0 Å². The summed E-state index contributed by atoms with van der Waals surface area (Å²) >= 11 is 0. The van der Waals surface area contributed by atoms with Crippen molar-refractivity contribution in [3.8, 4) is 5.69 Å². The molecular formula is C17H24N4. The fourth-order valence-electron chi connectivity index (χ4n) is 2.05. The number of rotatable bonds is 7. The predicted molar refractivity (Wildman–Crippen MR) is 87.3 cm³/mol. The van der Waals surface area contributed by atoms with Gasteiger partial charge in [-0.25, -0.2) is 0 Å². The second-order valence-corrected chi connectivity index (χ2v) is 5.45. The highest BCUT2D eigenvalue weighted by atomic mass is 15.5. The molecule has 0 aliphatic rings. The van der Waals surface area contributed by atoms with Crippen LogP contribution in [0.5, 0.6) is 0 Å². The van der Waals surface area contributed by atoms with Gasteiger partial charge in [0.1, 0.15) is 5.69 Å². The lowest BCUT2D eigenvalue weighted by molar-refractivity contribution is 0.656. The van der Waals surface area contributed by atoms with Crippen molar-refractivity contribution >= 4 is 6.08 Å². The van der Waals surface area contributed by atoms with E-state index in [9.17, 15) is 0 Å². The Labute approximate surface area is 126 Å². The number of hydrogen-bond donors (Lipinski definition) is 1. The van der Waals surface area contributed by atoms with Crippen molar-refractivity contribution in [3.05, 3.63) is 47.8 Å². The SMILES string of the molecule is CCCNCC(=Cc1cnn(-c2ccccc2)n1)C(C)C. The number of nitrogens with one attached hydrogen (secondary N) is 1. The summed E-state index contributed by atoms with van der Waals surface area (Å²) in [5.41, 5.74) is 3.23. The van der Waals surface area contributed by atoms with Crippen molar-refractivity contribution in [1.29, 1.82) is 0 Å². The van der Waals surface area contributed by atoms with Gasteiger partial charge >= 0.3 is 0 Å². The van der Waals surface area contributed by atoms with Crippen molar-refractivity contribution in [2.75, 3.05) is 13.1 Å². The normalized spacial score (nSPS) is 12.1. The van der Waals surface area contributed by atoms with Gasteiger partial charge in [0.05, 0.1) is 11.9 Å². The maximum absolute atomic E-state index is 4.53. The van der Waals surface area contributed by atoms with Crippen LogP contribution in [0.2, 0.25) is 0 Å². The van der Waals surface area contributed by atoms with Crippen LogP contribution in [0, 0.1) is 5.92 Å². The van der Waals surface area contributed by atoms with E-state index in [-0.39, 0.29) is 0 Å². The maximum atomic E-state index is 4.53. The lowest BCUT2D eigenvalue weighted by Crippen LogP contribution is -2.19. The molecule has 0 spiro atoms. The minimum absolute atomic E-state index is 0.497. The highest BCUT2D eigenvalue weighted by Gasteiger charge is 2.06. The van der Waals surface area contributed by atoms with E-state index in [1.807, 2.05) is 36.5 Å². The molecule has 112 valence electrons. The third-order valence-electron chi connectivity index (χ3n) is 3.33. The lowest BCUT2D eigenvalue weighted by atomic mass is 10.0. The van der Waals surface area contributed by atoms with Gasteiger partial charge in [0.2, 0.25) is 0 Å². The second-order valence-electron chi connectivity index (χ2n) is 5.45. The molecule has 0 saturated heterocycles. The molecule has 0 radical (unpaired) electrons. The number of nitrogens with zero attached hydrogens (tertiary/aromatic N) is 3. The fourth-order valence-corrected chi connectivity index (χ4v) is 2.05. The number of para-hydroxylation sites is 1. The van der Waals surface area contributed by atoms with Crippen LogP contribution >= 0.6 is 0 Å². The van der Waals surface area contributed by atoms with Gasteiger partial charge < -0.3 is 5.32 Å². The fraction of sp³-hybridized carbons (Fsp3) is 0.412. The van der Waals surface area contributed by atoms with Gasteiger partial charge in [0.25, 0.3) is 0 Å². The Morgan fingerprint density at radius 1 is 1.29 bits per heavy atom. The van der Waals surface area contributed by atoms with Crippen LogP contribution in [0.25, 0.3) is 11.8 Å². The van der Waals surface area contributed by atoms with Crippen molar-refractivity contribution in [3.63, 3.8) is 0 Å². The summed E-state index contributed by atoms with van der Waals surface area (Å²) in [6.45, 7) is 8.55. The van der Waals surface area contributed by atoms with Crippen LogP contribution in [-0.4, -0.2) is 28.1 Å². The molecule has 1 aromatic heterocycles. The topological polar surface area (TPSA) is 42.7 Å². The van der Waals surface area contributed by atoms with Crippen molar-refractivity contribution in [1.82, 2.24) is 20.3 Å². The van der Waals surface area contributed by atoms with Gasteiger partial charge in [-0.05, 0) is 37.1 Å². The molecule has 0 bridgehead atoms. The van der Waals surface area contributed by atoms with Crippen LogP contribution in [0.3, 0.4) is 0 Å². The van der Waals surface area contributed by atoms with Crippen molar-refractivity contribution in [2.45, 2.75) is 27.2 Å². The molecule has 2 aromatic rings. The molecule has 1 N–H and O–H groups in total. The molecule has 1 aromatic carbocycles. The van der Waals surface area contributed by atoms with Gasteiger partial charge in [0, 0.05) is 6.54 Å². The molecule has 2 rings (SSSR count). The minimum atomic E-state index is 0.497. The molecule has 0 fully saturated rings. The monoisotopic (exact) mass is 284 g/mol. The van der Waals surface area contributed by atoms with Crippen LogP contribution < -0.4 is 5.32 Å². The van der Waals surface area contributed by atoms with E-state index in [1.54, 1.807) is 4.80 Å². The zero-order valence-corrected chi connectivity index (χ0v) is 13.1. The first-order valence-electron chi connectivity index (χ1n) is 7.59. The van der Waals surface area contributed by atoms with E-state index in [4.69, 9.17) is 0 Å². The number of hydrogen-bond acceptors (Lipinski definition) is 3. The predicted octanol–water partition coefficient (Wildman–Crippen LogP) is 3.31. The summed E-state index contributed by atoms with van der Waals surface area (Å²) in [7, 11) is 0. The Morgan fingerprint density at radius 2 is 2.05 bits per heavy atom. The Morgan fingerprint density at radius 3 is 2.71 bits per heavy atom. The van der Waals surface area contributed by atoms with E-state index in [0.29, 0.717) is 5.92 Å². The van der Waals surface area contributed by atoms with Gasteiger partial charge in [-0.2, -0.15) is 9.90 Å². The highest BCUT2D eigenvalue weighted by Crippen LogP contribution is 2.13. The third-order valence-corrected chi connectivity index (χ3v) is 3.33. The average Bonchev–Trinajstić information content (AvgIpc) is 2.96. The molecule has 4 nitrogen and oxygen atoms in total. The number of benzene rings is 1. The molecule has 0 amide bonds. The van der Waals surface area contributed by atoms with Crippen molar-refractivity contribution in [2.24, 2.45) is 5.92 Å². The average molecular weight is 284 g/mol. The Balaban J connectivity index is 2.13. The summed E-state index contributed by atoms with van der Waals surface area (Å²) in [6.07, 6.45) is 5.10. The molecule has 0 aliphatic carbocycles. The summed E-state index contributed by atoms with van der Waals surface area (Å²) in [6, 6.07) is 9.97.